The first-order valence-corrected chi connectivity index (χ1v) is 13.6. The van der Waals surface area contributed by atoms with Crippen molar-refractivity contribution < 1.29 is 23.9 Å². The molecule has 38 heavy (non-hydrogen) atoms. The second-order valence-corrected chi connectivity index (χ2v) is 10.1. The normalized spacial score (nSPS) is 17.5. The summed E-state index contributed by atoms with van der Waals surface area (Å²) in [7, 11) is 1.74. The predicted molar refractivity (Wildman–Crippen MR) is 151 cm³/mol. The SMILES string of the molecule is C=CC(=O)N/C(C)=C(CC)/C(=N/C(=C(\C)C(=O)N(C)CCCOC1CCCCO1)N(C=O)C(C)C)C(C)C. The van der Waals surface area contributed by atoms with Gasteiger partial charge in [-0.05, 0) is 77.4 Å². The van der Waals surface area contributed by atoms with Gasteiger partial charge in [-0.3, -0.25) is 19.3 Å². The van der Waals surface area contributed by atoms with Crippen LogP contribution in [-0.2, 0) is 23.9 Å². The first kappa shape index (κ1) is 33.2. The van der Waals surface area contributed by atoms with Gasteiger partial charge < -0.3 is 19.7 Å². The maximum absolute atomic E-state index is 13.4. The Morgan fingerprint density at radius 2 is 1.89 bits per heavy atom. The van der Waals surface area contributed by atoms with Crippen molar-refractivity contribution in [1.29, 1.82) is 0 Å². The van der Waals surface area contributed by atoms with Crippen LogP contribution in [0.15, 0.2) is 40.3 Å². The van der Waals surface area contributed by atoms with Gasteiger partial charge in [0.2, 0.25) is 12.3 Å². The van der Waals surface area contributed by atoms with Gasteiger partial charge in [-0.1, -0.05) is 27.4 Å². The van der Waals surface area contributed by atoms with Gasteiger partial charge in [0.1, 0.15) is 5.82 Å². The summed E-state index contributed by atoms with van der Waals surface area (Å²) in [4.78, 5) is 45.5. The zero-order valence-corrected chi connectivity index (χ0v) is 24.6. The largest absolute Gasteiger partial charge is 0.353 e. The van der Waals surface area contributed by atoms with Gasteiger partial charge in [0.25, 0.3) is 5.91 Å². The highest BCUT2D eigenvalue weighted by molar-refractivity contribution is 6.04. The zero-order valence-electron chi connectivity index (χ0n) is 24.6. The van der Waals surface area contributed by atoms with Gasteiger partial charge in [0.05, 0.1) is 17.9 Å². The number of rotatable bonds is 15. The van der Waals surface area contributed by atoms with E-state index in [1.807, 2.05) is 41.5 Å². The number of amides is 3. The molecule has 0 aliphatic carbocycles. The second-order valence-electron chi connectivity index (χ2n) is 10.1. The molecule has 0 aromatic rings. The molecule has 1 aliphatic heterocycles. The molecule has 1 N–H and O–H groups in total. The van der Waals surface area contributed by atoms with E-state index in [9.17, 15) is 14.4 Å². The fraction of sp³-hybridized carbons (Fsp3) is 0.655. The Hall–Kier alpha value is -2.78. The summed E-state index contributed by atoms with van der Waals surface area (Å²) >= 11 is 0. The molecule has 214 valence electrons. The molecule has 0 bridgehead atoms. The lowest BCUT2D eigenvalue weighted by Gasteiger charge is -2.27. The fourth-order valence-electron chi connectivity index (χ4n) is 4.20. The van der Waals surface area contributed by atoms with Crippen molar-refractivity contribution in [2.75, 3.05) is 26.8 Å². The molecule has 9 heteroatoms. The number of hydrogen-bond acceptors (Lipinski definition) is 6. The summed E-state index contributed by atoms with van der Waals surface area (Å²) in [5.74, 6) is -0.254. The average molecular weight is 533 g/mol. The Morgan fingerprint density at radius 1 is 1.21 bits per heavy atom. The Labute approximate surface area is 229 Å². The van der Waals surface area contributed by atoms with Crippen LogP contribution in [0.3, 0.4) is 0 Å². The minimum absolute atomic E-state index is 0.0315. The van der Waals surface area contributed by atoms with Crippen LogP contribution >= 0.6 is 0 Å². The van der Waals surface area contributed by atoms with E-state index in [4.69, 9.17) is 14.5 Å². The number of nitrogens with one attached hydrogen (secondary N) is 1. The first-order chi connectivity index (χ1) is 18.0. The minimum Gasteiger partial charge on any atom is -0.353 e. The maximum Gasteiger partial charge on any atom is 0.252 e. The van der Waals surface area contributed by atoms with Crippen LogP contribution < -0.4 is 5.32 Å². The van der Waals surface area contributed by atoms with Crippen LogP contribution in [0, 0.1) is 5.92 Å². The molecular weight excluding hydrogens is 484 g/mol. The standard InChI is InChI=1S/C29H48N4O5/c1-10-24(23(8)30-25(35)11-2)27(20(3)4)31-28(33(19-34)21(5)6)22(7)29(36)32(9)16-14-18-38-26-15-12-13-17-37-26/h11,19-21,26H,2,10,12-18H2,1,3-9H3,(H,30,35)/b24-23+,28-22-,31-27+. The molecule has 1 saturated heterocycles. The van der Waals surface area contributed by atoms with E-state index in [0.29, 0.717) is 55.2 Å². The number of allylic oxidation sites excluding steroid dienone is 2. The number of nitrogens with zero attached hydrogens (tertiary/aromatic N) is 3. The van der Waals surface area contributed by atoms with Crippen molar-refractivity contribution in [3.63, 3.8) is 0 Å². The molecule has 0 spiro atoms. The summed E-state index contributed by atoms with van der Waals surface area (Å²) in [6, 6.07) is -0.216. The Morgan fingerprint density at radius 3 is 2.39 bits per heavy atom. The van der Waals surface area contributed by atoms with Gasteiger partial charge in [0, 0.05) is 31.9 Å². The van der Waals surface area contributed by atoms with Gasteiger partial charge in [-0.15, -0.1) is 0 Å². The molecule has 0 aromatic carbocycles. The lowest BCUT2D eigenvalue weighted by molar-refractivity contribution is -0.163. The average Bonchev–Trinajstić information content (AvgIpc) is 2.89. The van der Waals surface area contributed by atoms with Crippen molar-refractivity contribution >= 4 is 23.9 Å². The van der Waals surface area contributed by atoms with E-state index < -0.39 is 0 Å². The summed E-state index contributed by atoms with van der Waals surface area (Å²) in [6.07, 6.45) is 6.11. The molecule has 1 aliphatic rings. The lowest BCUT2D eigenvalue weighted by atomic mass is 9.96. The summed E-state index contributed by atoms with van der Waals surface area (Å²) in [6.45, 7) is 18.5. The van der Waals surface area contributed by atoms with Crippen molar-refractivity contribution in [2.45, 2.75) is 92.9 Å². The van der Waals surface area contributed by atoms with Crippen molar-refractivity contribution in [2.24, 2.45) is 10.9 Å². The van der Waals surface area contributed by atoms with Crippen LogP contribution in [0.5, 0.6) is 0 Å². The Bertz CT molecular complexity index is 914. The zero-order chi connectivity index (χ0) is 28.8. The van der Waals surface area contributed by atoms with Crippen LogP contribution in [0.2, 0.25) is 0 Å². The van der Waals surface area contributed by atoms with E-state index in [1.165, 1.54) is 11.0 Å². The summed E-state index contributed by atoms with van der Waals surface area (Å²) in [5, 5.41) is 2.82. The minimum atomic E-state index is -0.309. The third-order valence-electron chi connectivity index (χ3n) is 6.38. The molecule has 1 atom stereocenters. The molecule has 1 heterocycles. The number of likely N-dealkylation sites (N-methyl/N-ethyl adjacent to an activating group) is 1. The highest BCUT2D eigenvalue weighted by Gasteiger charge is 2.24. The van der Waals surface area contributed by atoms with E-state index in [1.54, 1.807) is 18.9 Å². The number of carbonyl (C=O) groups is 3. The number of carbonyl (C=O) groups excluding carboxylic acids is 3. The number of hydrogen-bond donors (Lipinski definition) is 1. The first-order valence-electron chi connectivity index (χ1n) is 13.6. The quantitative estimate of drug-likeness (QED) is 0.144. The van der Waals surface area contributed by atoms with Crippen LogP contribution in [0.1, 0.15) is 80.6 Å². The van der Waals surface area contributed by atoms with Gasteiger partial charge >= 0.3 is 0 Å². The van der Waals surface area contributed by atoms with Crippen LogP contribution in [-0.4, -0.2) is 72.9 Å². The van der Waals surface area contributed by atoms with Gasteiger partial charge in [0.15, 0.2) is 6.29 Å². The molecule has 3 amide bonds. The van der Waals surface area contributed by atoms with E-state index >= 15 is 0 Å². The van der Waals surface area contributed by atoms with Crippen LogP contribution in [0.25, 0.3) is 0 Å². The predicted octanol–water partition coefficient (Wildman–Crippen LogP) is 4.56. The molecule has 0 radical (unpaired) electrons. The smallest absolute Gasteiger partial charge is 0.252 e. The number of aliphatic imine (C=N–C) groups is 1. The topological polar surface area (TPSA) is 101 Å². The molecule has 1 unspecified atom stereocenters. The summed E-state index contributed by atoms with van der Waals surface area (Å²) < 4.78 is 11.4. The molecule has 0 aromatic heterocycles. The maximum atomic E-state index is 13.4. The van der Waals surface area contributed by atoms with Gasteiger partial charge in [-0.25, -0.2) is 4.99 Å². The fourth-order valence-corrected chi connectivity index (χ4v) is 4.20. The monoisotopic (exact) mass is 532 g/mol. The molecule has 0 saturated carbocycles. The van der Waals surface area contributed by atoms with E-state index in [2.05, 4.69) is 11.9 Å². The second kappa shape index (κ2) is 16.9. The third-order valence-corrected chi connectivity index (χ3v) is 6.38. The van der Waals surface area contributed by atoms with Crippen molar-refractivity contribution in [3.05, 3.63) is 35.3 Å². The van der Waals surface area contributed by atoms with E-state index in [-0.39, 0.29) is 30.1 Å². The Balaban J connectivity index is 3.32. The molecule has 1 rings (SSSR count). The molecular formula is C29H48N4O5. The van der Waals surface area contributed by atoms with Crippen molar-refractivity contribution in [1.82, 2.24) is 15.1 Å². The van der Waals surface area contributed by atoms with Crippen LogP contribution in [0.4, 0.5) is 0 Å². The number of ether oxygens (including phenoxy) is 2. The third kappa shape index (κ3) is 10.2. The van der Waals surface area contributed by atoms with Gasteiger partial charge in [-0.2, -0.15) is 0 Å². The van der Waals surface area contributed by atoms with Crippen molar-refractivity contribution in [3.8, 4) is 0 Å². The molecule has 9 nitrogen and oxygen atoms in total. The highest BCUT2D eigenvalue weighted by atomic mass is 16.7. The van der Waals surface area contributed by atoms with E-state index in [0.717, 1.165) is 31.4 Å². The molecule has 1 fully saturated rings. The summed E-state index contributed by atoms with van der Waals surface area (Å²) in [5.41, 5.74) is 2.58. The Kier molecular flexibility index (Phi) is 14.8. The lowest BCUT2D eigenvalue weighted by Crippen LogP contribution is -2.35. The highest BCUT2D eigenvalue weighted by Crippen LogP contribution is 2.22.